The maximum Gasteiger partial charge on any atom is 0.269 e. The topological polar surface area (TPSA) is 66.1 Å². The Morgan fingerprint density at radius 1 is 1.33 bits per heavy atom. The number of benzene rings is 1. The van der Waals surface area contributed by atoms with Crippen LogP contribution < -0.4 is 16.0 Å². The number of anilines is 2. The Bertz CT molecular complexity index is 669. The fourth-order valence-electron chi connectivity index (χ4n) is 2.57. The number of hydrogen-bond donors (Lipinski definition) is 3. The van der Waals surface area contributed by atoms with Crippen molar-refractivity contribution in [1.82, 2.24) is 15.6 Å². The largest absolute Gasteiger partial charge is 0.355 e. The molecule has 1 aliphatic heterocycles. The maximum absolute atomic E-state index is 11.6. The van der Waals surface area contributed by atoms with Gasteiger partial charge in [-0.15, -0.1) is 0 Å². The Morgan fingerprint density at radius 3 is 3.10 bits per heavy atom. The first-order valence-electron chi connectivity index (χ1n) is 7.04. The van der Waals surface area contributed by atoms with Crippen molar-refractivity contribution in [2.75, 3.05) is 18.9 Å². The number of nitrogens with one attached hydrogen (secondary N) is 3. The molecule has 1 amide bonds. The average Bonchev–Trinajstić information content (AvgIpc) is 2.55. The van der Waals surface area contributed by atoms with E-state index in [1.54, 1.807) is 19.3 Å². The minimum Gasteiger partial charge on any atom is -0.355 e. The molecule has 0 atom stereocenters. The second-order valence-corrected chi connectivity index (χ2v) is 5.00. The molecule has 0 radical (unpaired) electrons. The molecule has 1 aromatic heterocycles. The second-order valence-electron chi connectivity index (χ2n) is 5.00. The first-order chi connectivity index (χ1) is 10.3. The van der Waals surface area contributed by atoms with E-state index in [0.717, 1.165) is 30.9 Å². The van der Waals surface area contributed by atoms with E-state index >= 15 is 0 Å². The summed E-state index contributed by atoms with van der Waals surface area (Å²) in [6, 6.07) is 9.90. The third kappa shape index (κ3) is 2.87. The van der Waals surface area contributed by atoms with Crippen molar-refractivity contribution >= 4 is 17.3 Å². The molecule has 21 heavy (non-hydrogen) atoms. The Kier molecular flexibility index (Phi) is 3.83. The van der Waals surface area contributed by atoms with Crippen LogP contribution in [0.4, 0.5) is 11.4 Å². The third-order valence-corrected chi connectivity index (χ3v) is 3.64. The normalized spacial score (nSPS) is 13.4. The molecule has 0 bridgehead atoms. The number of nitrogens with zero attached hydrogens (tertiary/aromatic N) is 1. The average molecular weight is 282 g/mol. The summed E-state index contributed by atoms with van der Waals surface area (Å²) in [5, 5.41) is 9.36. The Labute approximate surface area is 123 Å². The summed E-state index contributed by atoms with van der Waals surface area (Å²) < 4.78 is 0. The molecule has 0 aliphatic carbocycles. The van der Waals surface area contributed by atoms with E-state index in [1.807, 2.05) is 6.07 Å². The van der Waals surface area contributed by atoms with Gasteiger partial charge in [0.05, 0.1) is 0 Å². The highest BCUT2D eigenvalue weighted by Gasteiger charge is 2.13. The van der Waals surface area contributed by atoms with Gasteiger partial charge in [0.2, 0.25) is 0 Å². The molecule has 1 aromatic carbocycles. The fraction of sp³-hybridized carbons (Fsp3) is 0.250. The second kappa shape index (κ2) is 5.93. The molecular weight excluding hydrogens is 264 g/mol. The molecule has 0 unspecified atom stereocenters. The van der Waals surface area contributed by atoms with Gasteiger partial charge in [0.1, 0.15) is 5.69 Å². The molecule has 0 saturated carbocycles. The Hall–Kier alpha value is -2.40. The van der Waals surface area contributed by atoms with Crippen molar-refractivity contribution in [1.29, 1.82) is 0 Å². The van der Waals surface area contributed by atoms with Gasteiger partial charge in [0, 0.05) is 31.2 Å². The van der Waals surface area contributed by atoms with Crippen molar-refractivity contribution in [2.45, 2.75) is 13.0 Å². The zero-order valence-corrected chi connectivity index (χ0v) is 11.9. The van der Waals surface area contributed by atoms with Crippen LogP contribution in [-0.4, -0.2) is 24.5 Å². The van der Waals surface area contributed by atoms with E-state index < -0.39 is 0 Å². The molecule has 3 rings (SSSR count). The lowest BCUT2D eigenvalue weighted by Crippen LogP contribution is -2.24. The van der Waals surface area contributed by atoms with Crippen LogP contribution >= 0.6 is 0 Å². The lowest BCUT2D eigenvalue weighted by Gasteiger charge is -2.21. The predicted molar refractivity (Wildman–Crippen MR) is 82.8 cm³/mol. The molecule has 5 heteroatoms. The lowest BCUT2D eigenvalue weighted by molar-refractivity contribution is 0.0958. The zero-order chi connectivity index (χ0) is 14.7. The van der Waals surface area contributed by atoms with Gasteiger partial charge < -0.3 is 16.0 Å². The summed E-state index contributed by atoms with van der Waals surface area (Å²) in [6.45, 7) is 1.90. The van der Waals surface area contributed by atoms with Gasteiger partial charge in [-0.3, -0.25) is 9.78 Å². The van der Waals surface area contributed by atoms with Crippen molar-refractivity contribution in [3.05, 3.63) is 53.3 Å². The van der Waals surface area contributed by atoms with Crippen LogP contribution in [0.1, 0.15) is 21.6 Å². The molecule has 2 heterocycles. The minimum absolute atomic E-state index is 0.182. The summed E-state index contributed by atoms with van der Waals surface area (Å²) in [6.07, 6.45) is 2.65. The molecular formula is C16H18N4O. The van der Waals surface area contributed by atoms with Crippen LogP contribution in [0.15, 0.2) is 36.5 Å². The Morgan fingerprint density at radius 2 is 2.24 bits per heavy atom. The van der Waals surface area contributed by atoms with Crippen LogP contribution in [0.5, 0.6) is 0 Å². The highest BCUT2D eigenvalue weighted by atomic mass is 16.1. The van der Waals surface area contributed by atoms with E-state index in [1.165, 1.54) is 11.1 Å². The number of amides is 1. The fourth-order valence-corrected chi connectivity index (χ4v) is 2.57. The number of hydrogen-bond acceptors (Lipinski definition) is 4. The third-order valence-electron chi connectivity index (χ3n) is 3.64. The molecule has 2 aromatic rings. The molecule has 5 nitrogen and oxygen atoms in total. The number of rotatable bonds is 3. The summed E-state index contributed by atoms with van der Waals surface area (Å²) >= 11 is 0. The standard InChI is InChI=1S/C16H18N4O/c1-17-16(21)15-9-12(5-8-19-15)20-14-4-2-3-11-10-18-7-6-13(11)14/h2-5,8-9,18H,6-7,10H2,1H3,(H,17,21)(H,19,20). The number of pyridine rings is 1. The van der Waals surface area contributed by atoms with Crippen LogP contribution in [0, 0.1) is 0 Å². The molecule has 3 N–H and O–H groups in total. The van der Waals surface area contributed by atoms with Gasteiger partial charge >= 0.3 is 0 Å². The summed E-state index contributed by atoms with van der Waals surface area (Å²) in [4.78, 5) is 15.7. The first kappa shape index (κ1) is 13.6. The van der Waals surface area contributed by atoms with E-state index in [2.05, 4.69) is 39.1 Å². The smallest absolute Gasteiger partial charge is 0.269 e. The van der Waals surface area contributed by atoms with Gasteiger partial charge in [-0.2, -0.15) is 0 Å². The highest BCUT2D eigenvalue weighted by molar-refractivity contribution is 5.93. The number of carbonyl (C=O) groups excluding carboxylic acids is 1. The van der Waals surface area contributed by atoms with Crippen molar-refractivity contribution in [2.24, 2.45) is 0 Å². The van der Waals surface area contributed by atoms with E-state index in [4.69, 9.17) is 0 Å². The van der Waals surface area contributed by atoms with Crippen molar-refractivity contribution in [3.8, 4) is 0 Å². The number of carbonyl (C=O) groups is 1. The van der Waals surface area contributed by atoms with Crippen molar-refractivity contribution < 1.29 is 4.79 Å². The van der Waals surface area contributed by atoms with Crippen LogP contribution in [0.25, 0.3) is 0 Å². The quantitative estimate of drug-likeness (QED) is 0.803. The predicted octanol–water partition coefficient (Wildman–Crippen LogP) is 1.83. The van der Waals surface area contributed by atoms with E-state index in [0.29, 0.717) is 5.69 Å². The first-order valence-corrected chi connectivity index (χ1v) is 7.04. The van der Waals surface area contributed by atoms with Gasteiger partial charge in [-0.25, -0.2) is 0 Å². The highest BCUT2D eigenvalue weighted by Crippen LogP contribution is 2.26. The van der Waals surface area contributed by atoms with Gasteiger partial charge in [0.25, 0.3) is 5.91 Å². The zero-order valence-electron chi connectivity index (χ0n) is 11.9. The Balaban J connectivity index is 1.89. The summed E-state index contributed by atoms with van der Waals surface area (Å²) in [7, 11) is 1.60. The molecule has 0 fully saturated rings. The monoisotopic (exact) mass is 282 g/mol. The van der Waals surface area contributed by atoms with Gasteiger partial charge in [0.15, 0.2) is 0 Å². The molecule has 108 valence electrons. The number of aromatic nitrogens is 1. The van der Waals surface area contributed by atoms with E-state index in [-0.39, 0.29) is 5.91 Å². The van der Waals surface area contributed by atoms with Crippen LogP contribution in [-0.2, 0) is 13.0 Å². The summed E-state index contributed by atoms with van der Waals surface area (Å²) in [5.41, 5.74) is 5.05. The van der Waals surface area contributed by atoms with Gasteiger partial charge in [-0.1, -0.05) is 12.1 Å². The van der Waals surface area contributed by atoms with Gasteiger partial charge in [-0.05, 0) is 42.3 Å². The van der Waals surface area contributed by atoms with E-state index in [9.17, 15) is 4.79 Å². The molecule has 1 aliphatic rings. The molecule has 0 spiro atoms. The maximum atomic E-state index is 11.6. The SMILES string of the molecule is CNC(=O)c1cc(Nc2cccc3c2CCNC3)ccn1. The summed E-state index contributed by atoms with van der Waals surface area (Å²) in [5.74, 6) is -0.182. The van der Waals surface area contributed by atoms with Crippen LogP contribution in [0.2, 0.25) is 0 Å². The lowest BCUT2D eigenvalue weighted by atomic mass is 9.99. The van der Waals surface area contributed by atoms with Crippen LogP contribution in [0.3, 0.4) is 0 Å². The minimum atomic E-state index is -0.182. The van der Waals surface area contributed by atoms with Crippen molar-refractivity contribution in [3.63, 3.8) is 0 Å². The number of fused-ring (bicyclic) bond motifs is 1. The molecule has 0 saturated heterocycles.